The van der Waals surface area contributed by atoms with Crippen LogP contribution in [0, 0.1) is 0 Å². The van der Waals surface area contributed by atoms with Crippen molar-refractivity contribution in [2.45, 2.75) is 19.8 Å². The van der Waals surface area contributed by atoms with Gasteiger partial charge >= 0.3 is 0 Å². The third-order valence-corrected chi connectivity index (χ3v) is 2.21. The summed E-state index contributed by atoms with van der Waals surface area (Å²) in [4.78, 5) is 0. The zero-order valence-corrected chi connectivity index (χ0v) is 7.10. The van der Waals surface area contributed by atoms with E-state index in [0.717, 1.165) is 0 Å². The van der Waals surface area contributed by atoms with Crippen LogP contribution in [0.1, 0.15) is 19.8 Å². The van der Waals surface area contributed by atoms with Crippen molar-refractivity contribution < 1.29 is 0 Å². The lowest BCUT2D eigenvalue weighted by Gasteiger charge is -2.04. The van der Waals surface area contributed by atoms with Crippen molar-refractivity contribution in [3.8, 4) is 0 Å². The Morgan fingerprint density at radius 1 is 1.38 bits per heavy atom. The summed E-state index contributed by atoms with van der Waals surface area (Å²) in [7, 11) is 0. The van der Waals surface area contributed by atoms with Gasteiger partial charge in [-0.2, -0.15) is 0 Å². The molecule has 0 heterocycles. The van der Waals surface area contributed by atoms with Crippen molar-refractivity contribution in [3.05, 3.63) is 21.3 Å². The van der Waals surface area contributed by atoms with Gasteiger partial charge in [-0.05, 0) is 45.9 Å². The number of halogens is 1. The molecule has 0 radical (unpaired) electrons. The molecule has 0 N–H and O–H groups in total. The highest BCUT2D eigenvalue weighted by atomic mass is 127. The minimum absolute atomic E-state index is 1.25. The summed E-state index contributed by atoms with van der Waals surface area (Å²) in [5, 5.41) is 0. The van der Waals surface area contributed by atoms with Gasteiger partial charge in [-0.1, -0.05) is 17.7 Å². The number of rotatable bonds is 0. The van der Waals surface area contributed by atoms with Crippen molar-refractivity contribution in [1.82, 2.24) is 0 Å². The Hall–Kier alpha value is 0.210. The molecule has 0 amide bonds. The first-order valence-corrected chi connectivity index (χ1v) is 3.89. The molecule has 0 aromatic rings. The van der Waals surface area contributed by atoms with Gasteiger partial charge in [0.15, 0.2) is 0 Å². The Labute approximate surface area is 63.8 Å². The minimum Gasteiger partial charge on any atom is -0.0730 e. The van der Waals surface area contributed by atoms with Crippen LogP contribution in [-0.4, -0.2) is 0 Å². The predicted octanol–water partition coefficient (Wildman–Crippen LogP) is 3.05. The second-order valence-electron chi connectivity index (χ2n) is 2.13. The smallest absolute Gasteiger partial charge is 0.00909 e. The molecule has 0 fully saturated rings. The monoisotopic (exact) mass is 220 g/mol. The highest BCUT2D eigenvalue weighted by Crippen LogP contribution is 2.21. The summed E-state index contributed by atoms with van der Waals surface area (Å²) in [6, 6.07) is 0. The maximum absolute atomic E-state index is 2.38. The molecule has 1 heteroatoms. The molecule has 1 aliphatic carbocycles. The molecule has 0 bridgehead atoms. The fraction of sp³-hybridized carbons (Fsp3) is 0.429. The highest BCUT2D eigenvalue weighted by Gasteiger charge is 1.97. The molecule has 0 spiro atoms. The predicted molar refractivity (Wildman–Crippen MR) is 45.1 cm³/mol. The van der Waals surface area contributed by atoms with Gasteiger partial charge < -0.3 is 0 Å². The van der Waals surface area contributed by atoms with Gasteiger partial charge in [0.2, 0.25) is 0 Å². The molecule has 0 nitrogen and oxygen atoms in total. The topological polar surface area (TPSA) is 0 Å². The van der Waals surface area contributed by atoms with Gasteiger partial charge in [-0.25, -0.2) is 0 Å². The minimum atomic E-state index is 1.25. The van der Waals surface area contributed by atoms with E-state index in [9.17, 15) is 0 Å². The standard InChI is InChI=1S/C7H9I/c1-6-2-4-7(8)5-3-6/h2,4H,3,5H2,1H3. The van der Waals surface area contributed by atoms with E-state index in [1.165, 1.54) is 22.0 Å². The molecule has 44 valence electrons. The Morgan fingerprint density at radius 2 is 2.12 bits per heavy atom. The summed E-state index contributed by atoms with van der Waals surface area (Å²) < 4.78 is 1.48. The summed E-state index contributed by atoms with van der Waals surface area (Å²) in [6.07, 6.45) is 6.91. The van der Waals surface area contributed by atoms with Crippen LogP contribution in [0.2, 0.25) is 0 Å². The van der Waals surface area contributed by atoms with Gasteiger partial charge in [0.1, 0.15) is 0 Å². The van der Waals surface area contributed by atoms with Crippen molar-refractivity contribution in [1.29, 1.82) is 0 Å². The molecule has 0 aromatic heterocycles. The third kappa shape index (κ3) is 1.62. The first-order chi connectivity index (χ1) is 3.79. The van der Waals surface area contributed by atoms with Crippen LogP contribution in [0.25, 0.3) is 0 Å². The average Bonchev–Trinajstić information content (AvgIpc) is 1.77. The maximum atomic E-state index is 2.38. The molecular weight excluding hydrogens is 211 g/mol. The van der Waals surface area contributed by atoms with Crippen LogP contribution in [0.5, 0.6) is 0 Å². The van der Waals surface area contributed by atoms with Crippen LogP contribution < -0.4 is 0 Å². The second-order valence-corrected chi connectivity index (χ2v) is 3.51. The van der Waals surface area contributed by atoms with E-state index >= 15 is 0 Å². The van der Waals surface area contributed by atoms with Gasteiger partial charge in [0, 0.05) is 0 Å². The van der Waals surface area contributed by atoms with Crippen molar-refractivity contribution in [2.75, 3.05) is 0 Å². The van der Waals surface area contributed by atoms with Gasteiger partial charge in [-0.3, -0.25) is 0 Å². The molecular formula is C7H9I. The Morgan fingerprint density at radius 3 is 2.50 bits per heavy atom. The van der Waals surface area contributed by atoms with Crippen LogP contribution in [-0.2, 0) is 0 Å². The van der Waals surface area contributed by atoms with Crippen molar-refractivity contribution in [2.24, 2.45) is 0 Å². The molecule has 0 aromatic carbocycles. The number of allylic oxidation sites excluding steroid dienone is 4. The summed E-state index contributed by atoms with van der Waals surface area (Å²) in [6.45, 7) is 2.18. The van der Waals surface area contributed by atoms with Crippen molar-refractivity contribution >= 4 is 22.6 Å². The summed E-state index contributed by atoms with van der Waals surface area (Å²) in [5.74, 6) is 0. The Bertz CT molecular complexity index is 124. The Kier molecular flexibility index (Phi) is 2.11. The average molecular weight is 220 g/mol. The summed E-state index contributed by atoms with van der Waals surface area (Å²) in [5.41, 5.74) is 1.51. The van der Waals surface area contributed by atoms with Crippen LogP contribution in [0.3, 0.4) is 0 Å². The second kappa shape index (κ2) is 2.67. The highest BCUT2D eigenvalue weighted by molar-refractivity contribution is 14.1. The van der Waals surface area contributed by atoms with E-state index in [-0.39, 0.29) is 0 Å². The SMILES string of the molecule is CC1=CC=C(I)CC1. The first kappa shape index (κ1) is 6.33. The van der Waals surface area contributed by atoms with E-state index in [4.69, 9.17) is 0 Å². The van der Waals surface area contributed by atoms with Crippen LogP contribution in [0.15, 0.2) is 21.3 Å². The molecule has 1 rings (SSSR count). The fourth-order valence-corrected chi connectivity index (χ4v) is 1.17. The summed E-state index contributed by atoms with van der Waals surface area (Å²) >= 11 is 2.38. The molecule has 0 atom stereocenters. The maximum Gasteiger partial charge on any atom is -0.00909 e. The zero-order valence-electron chi connectivity index (χ0n) is 4.95. The van der Waals surface area contributed by atoms with E-state index in [2.05, 4.69) is 41.7 Å². The fourth-order valence-electron chi connectivity index (χ4n) is 0.716. The lowest BCUT2D eigenvalue weighted by Crippen LogP contribution is -1.83. The van der Waals surface area contributed by atoms with E-state index < -0.39 is 0 Å². The van der Waals surface area contributed by atoms with Crippen LogP contribution in [0.4, 0.5) is 0 Å². The molecule has 0 saturated carbocycles. The molecule has 8 heavy (non-hydrogen) atoms. The van der Waals surface area contributed by atoms with E-state index in [1.807, 2.05) is 0 Å². The quantitative estimate of drug-likeness (QED) is 0.550. The first-order valence-electron chi connectivity index (χ1n) is 2.81. The van der Waals surface area contributed by atoms with Gasteiger partial charge in [0.25, 0.3) is 0 Å². The zero-order chi connectivity index (χ0) is 5.98. The lowest BCUT2D eigenvalue weighted by molar-refractivity contribution is 0.956. The third-order valence-electron chi connectivity index (χ3n) is 1.31. The van der Waals surface area contributed by atoms with E-state index in [1.54, 1.807) is 0 Å². The normalized spacial score (nSPS) is 19.8. The van der Waals surface area contributed by atoms with Crippen molar-refractivity contribution in [3.63, 3.8) is 0 Å². The van der Waals surface area contributed by atoms with Crippen LogP contribution >= 0.6 is 22.6 Å². The lowest BCUT2D eigenvalue weighted by atomic mass is 10.1. The van der Waals surface area contributed by atoms with Gasteiger partial charge in [0.05, 0.1) is 0 Å². The van der Waals surface area contributed by atoms with E-state index in [0.29, 0.717) is 0 Å². The van der Waals surface area contributed by atoms with Gasteiger partial charge in [-0.15, -0.1) is 0 Å². The Balaban J connectivity index is 2.65. The largest absolute Gasteiger partial charge is 0.0730 e. The molecule has 0 aliphatic heterocycles. The number of hydrogen-bond acceptors (Lipinski definition) is 0. The molecule has 0 saturated heterocycles. The molecule has 1 aliphatic rings. The molecule has 0 unspecified atom stereocenters. The number of hydrogen-bond donors (Lipinski definition) is 0.